The first-order valence-corrected chi connectivity index (χ1v) is 11.4. The smallest absolute Gasteiger partial charge is 0.165 e. The molecule has 0 fully saturated rings. The summed E-state index contributed by atoms with van der Waals surface area (Å²) in [6, 6.07) is 18.7. The first-order valence-electron chi connectivity index (χ1n) is 11.4. The molecule has 2 heterocycles. The fourth-order valence-corrected chi connectivity index (χ4v) is 4.80. The van der Waals surface area contributed by atoms with Crippen molar-refractivity contribution in [1.29, 1.82) is 0 Å². The Morgan fingerprint density at radius 1 is 0.853 bits per heavy atom. The van der Waals surface area contributed by atoms with Crippen LogP contribution in [0, 0.1) is 0 Å². The molecule has 0 spiro atoms. The first-order chi connectivity index (χ1) is 16.6. The van der Waals surface area contributed by atoms with Gasteiger partial charge in [-0.1, -0.05) is 24.3 Å². The molecule has 3 aromatic carbocycles. The molecular weight excluding hydrogens is 428 g/mol. The predicted octanol–water partition coefficient (Wildman–Crippen LogP) is 5.27. The summed E-state index contributed by atoms with van der Waals surface area (Å²) in [6.07, 6.45) is 2.23. The molecule has 176 valence electrons. The summed E-state index contributed by atoms with van der Waals surface area (Å²) in [7, 11) is 7.09. The summed E-state index contributed by atoms with van der Waals surface area (Å²) in [6.45, 7) is 3.08. The summed E-state index contributed by atoms with van der Waals surface area (Å²) in [5.74, 6) is 2.97. The average Bonchev–Trinajstić information content (AvgIpc) is 3.04. The van der Waals surface area contributed by atoms with Gasteiger partial charge in [-0.05, 0) is 47.0 Å². The maximum absolute atomic E-state index is 6.19. The molecule has 0 saturated carbocycles. The van der Waals surface area contributed by atoms with E-state index in [4.69, 9.17) is 18.9 Å². The van der Waals surface area contributed by atoms with Crippen molar-refractivity contribution in [2.45, 2.75) is 13.1 Å². The second-order valence-corrected chi connectivity index (χ2v) is 8.58. The van der Waals surface area contributed by atoms with Gasteiger partial charge in [0.1, 0.15) is 6.61 Å². The van der Waals surface area contributed by atoms with Gasteiger partial charge in [0.15, 0.2) is 23.0 Å². The van der Waals surface area contributed by atoms with Crippen LogP contribution >= 0.6 is 0 Å². The lowest BCUT2D eigenvalue weighted by molar-refractivity contribution is 0.217. The molecule has 1 aliphatic heterocycles. The summed E-state index contributed by atoms with van der Waals surface area (Å²) in [5, 5.41) is 1.30. The van der Waals surface area contributed by atoms with Crippen molar-refractivity contribution in [2.24, 2.45) is 7.05 Å². The minimum atomic E-state index is 0.615. The minimum Gasteiger partial charge on any atom is -0.493 e. The van der Waals surface area contributed by atoms with E-state index in [2.05, 4.69) is 53.0 Å². The van der Waals surface area contributed by atoms with Crippen LogP contribution in [0.1, 0.15) is 11.1 Å². The molecule has 4 aromatic rings. The van der Waals surface area contributed by atoms with E-state index in [1.165, 1.54) is 16.5 Å². The van der Waals surface area contributed by atoms with Crippen molar-refractivity contribution in [1.82, 2.24) is 9.47 Å². The second kappa shape index (κ2) is 9.31. The van der Waals surface area contributed by atoms with Crippen LogP contribution in [0.25, 0.3) is 22.0 Å². The topological polar surface area (TPSA) is 45.1 Å². The Morgan fingerprint density at radius 3 is 2.41 bits per heavy atom. The molecule has 5 rings (SSSR count). The number of hydrogen-bond acceptors (Lipinski definition) is 5. The zero-order chi connectivity index (χ0) is 23.7. The van der Waals surface area contributed by atoms with Crippen LogP contribution in [0.4, 0.5) is 0 Å². The number of methoxy groups -OCH3 is 3. The third-order valence-corrected chi connectivity index (χ3v) is 6.49. The molecule has 0 N–H and O–H groups in total. The standard InChI is InChI=1S/C28H30N2O4/c1-29-16-22(23-7-5-6-8-24(23)29)18-30-11-12-34-28-21(17-30)13-20(15-27(28)33-4)19-9-10-25(31-2)26(14-19)32-3/h5-10,13-16H,11-12,17-18H2,1-4H3. The Morgan fingerprint density at radius 2 is 1.62 bits per heavy atom. The van der Waals surface area contributed by atoms with Crippen LogP contribution in [0.2, 0.25) is 0 Å². The SMILES string of the molecule is COc1ccc(-c2cc3c(c(OC)c2)OCCN(Cc2cn(C)c4ccccc24)C3)cc1OC. The number of nitrogens with zero attached hydrogens (tertiary/aromatic N) is 2. The van der Waals surface area contributed by atoms with Crippen LogP contribution in [0.5, 0.6) is 23.0 Å². The molecule has 0 unspecified atom stereocenters. The molecule has 6 nitrogen and oxygen atoms in total. The van der Waals surface area contributed by atoms with E-state index >= 15 is 0 Å². The number of ether oxygens (including phenoxy) is 4. The fraction of sp³-hybridized carbons (Fsp3) is 0.286. The lowest BCUT2D eigenvalue weighted by Gasteiger charge is -2.20. The normalized spacial score (nSPS) is 13.8. The number of aryl methyl sites for hydroxylation is 1. The van der Waals surface area contributed by atoms with Gasteiger partial charge >= 0.3 is 0 Å². The Labute approximate surface area is 200 Å². The molecule has 0 atom stereocenters. The number of fused-ring (bicyclic) bond motifs is 2. The summed E-state index contributed by atoms with van der Waals surface area (Å²) in [5.41, 5.74) is 5.77. The van der Waals surface area contributed by atoms with Crippen molar-refractivity contribution in [3.05, 3.63) is 71.9 Å². The summed E-state index contributed by atoms with van der Waals surface area (Å²) >= 11 is 0. The minimum absolute atomic E-state index is 0.615. The number of benzene rings is 3. The quantitative estimate of drug-likeness (QED) is 0.394. The lowest BCUT2D eigenvalue weighted by Crippen LogP contribution is -2.25. The van der Waals surface area contributed by atoms with Gasteiger partial charge in [0.25, 0.3) is 0 Å². The molecule has 1 aliphatic rings. The third kappa shape index (κ3) is 4.05. The number of para-hydroxylation sites is 1. The van der Waals surface area contributed by atoms with Crippen molar-refractivity contribution in [3.63, 3.8) is 0 Å². The van der Waals surface area contributed by atoms with Gasteiger partial charge in [0.05, 0.1) is 21.3 Å². The Hall–Kier alpha value is -3.64. The monoisotopic (exact) mass is 458 g/mol. The molecule has 34 heavy (non-hydrogen) atoms. The third-order valence-electron chi connectivity index (χ3n) is 6.49. The highest BCUT2D eigenvalue weighted by atomic mass is 16.5. The van der Waals surface area contributed by atoms with Gasteiger partial charge in [-0.3, -0.25) is 4.90 Å². The number of rotatable bonds is 6. The molecule has 1 aromatic heterocycles. The van der Waals surface area contributed by atoms with Crippen LogP contribution < -0.4 is 18.9 Å². The molecule has 0 bridgehead atoms. The average molecular weight is 459 g/mol. The van der Waals surface area contributed by atoms with Gasteiger partial charge in [-0.15, -0.1) is 0 Å². The van der Waals surface area contributed by atoms with E-state index in [9.17, 15) is 0 Å². The molecule has 0 amide bonds. The Kier molecular flexibility index (Phi) is 6.07. The number of hydrogen-bond donors (Lipinski definition) is 0. The first kappa shape index (κ1) is 22.2. The highest BCUT2D eigenvalue weighted by Gasteiger charge is 2.22. The van der Waals surface area contributed by atoms with Crippen LogP contribution in [-0.4, -0.2) is 43.9 Å². The van der Waals surface area contributed by atoms with E-state index in [1.54, 1.807) is 21.3 Å². The van der Waals surface area contributed by atoms with Gasteiger partial charge in [0.2, 0.25) is 0 Å². The lowest BCUT2D eigenvalue weighted by atomic mass is 10.0. The van der Waals surface area contributed by atoms with E-state index in [0.717, 1.165) is 47.8 Å². The highest BCUT2D eigenvalue weighted by molar-refractivity contribution is 5.83. The van der Waals surface area contributed by atoms with Crippen molar-refractivity contribution in [2.75, 3.05) is 34.5 Å². The zero-order valence-corrected chi connectivity index (χ0v) is 20.1. The Bertz CT molecular complexity index is 1330. The molecule has 6 heteroatoms. The maximum atomic E-state index is 6.19. The van der Waals surface area contributed by atoms with Crippen LogP contribution in [0.3, 0.4) is 0 Å². The zero-order valence-electron chi connectivity index (χ0n) is 20.1. The van der Waals surface area contributed by atoms with E-state index in [-0.39, 0.29) is 0 Å². The highest BCUT2D eigenvalue weighted by Crippen LogP contribution is 2.40. The number of aromatic nitrogens is 1. The van der Waals surface area contributed by atoms with Crippen molar-refractivity contribution in [3.8, 4) is 34.1 Å². The summed E-state index contributed by atoms with van der Waals surface area (Å²) < 4.78 is 25.1. The van der Waals surface area contributed by atoms with Crippen LogP contribution in [0.15, 0.2) is 60.8 Å². The molecule has 0 saturated heterocycles. The van der Waals surface area contributed by atoms with Gasteiger partial charge in [-0.25, -0.2) is 0 Å². The fourth-order valence-electron chi connectivity index (χ4n) is 4.80. The van der Waals surface area contributed by atoms with E-state index < -0.39 is 0 Å². The van der Waals surface area contributed by atoms with Crippen LogP contribution in [-0.2, 0) is 20.1 Å². The van der Waals surface area contributed by atoms with E-state index in [0.29, 0.717) is 18.1 Å². The van der Waals surface area contributed by atoms with E-state index in [1.807, 2.05) is 24.3 Å². The molecule has 0 radical (unpaired) electrons. The summed E-state index contributed by atoms with van der Waals surface area (Å²) in [4.78, 5) is 2.44. The van der Waals surface area contributed by atoms with Gasteiger partial charge < -0.3 is 23.5 Å². The van der Waals surface area contributed by atoms with Crippen molar-refractivity contribution < 1.29 is 18.9 Å². The second-order valence-electron chi connectivity index (χ2n) is 8.58. The van der Waals surface area contributed by atoms with Gasteiger partial charge in [0, 0.05) is 49.3 Å². The predicted molar refractivity (Wildman–Crippen MR) is 134 cm³/mol. The van der Waals surface area contributed by atoms with Crippen molar-refractivity contribution >= 4 is 10.9 Å². The largest absolute Gasteiger partial charge is 0.493 e. The maximum Gasteiger partial charge on any atom is 0.165 e. The molecular formula is C28H30N2O4. The van der Waals surface area contributed by atoms with Gasteiger partial charge in [-0.2, -0.15) is 0 Å². The molecule has 0 aliphatic carbocycles. The Balaban J connectivity index is 1.49.